The molecule has 94 valence electrons. The molecule has 0 aromatic carbocycles. The Kier molecular flexibility index (Phi) is 6.81. The van der Waals surface area contributed by atoms with Crippen molar-refractivity contribution in [3.05, 3.63) is 28.5 Å². The second-order valence-electron chi connectivity index (χ2n) is 3.47. The third-order valence-electron chi connectivity index (χ3n) is 2.07. The van der Waals surface area contributed by atoms with E-state index in [2.05, 4.69) is 27.8 Å². The smallest absolute Gasteiger partial charge is 0.338 e. The average Bonchev–Trinajstić information content (AvgIpc) is 2.33. The lowest BCUT2D eigenvalue weighted by atomic mass is 10.3. The lowest BCUT2D eigenvalue weighted by molar-refractivity contribution is 0.0313. The summed E-state index contributed by atoms with van der Waals surface area (Å²) in [6.07, 6.45) is 3.69. The molecule has 0 spiro atoms. The van der Waals surface area contributed by atoms with Gasteiger partial charge in [-0.15, -0.1) is 0 Å². The van der Waals surface area contributed by atoms with Crippen molar-refractivity contribution in [3.63, 3.8) is 0 Å². The van der Waals surface area contributed by atoms with E-state index in [-0.39, 0.29) is 12.6 Å². The largest absolute Gasteiger partial charge is 0.460 e. The molecular weight excluding hydrogens is 286 g/mol. The van der Waals surface area contributed by atoms with E-state index in [9.17, 15) is 4.79 Å². The van der Waals surface area contributed by atoms with E-state index >= 15 is 0 Å². The second kappa shape index (κ2) is 8.20. The summed E-state index contributed by atoms with van der Waals surface area (Å²) in [4.78, 5) is 15.5. The Morgan fingerprint density at radius 3 is 2.94 bits per heavy atom. The standard InChI is InChI=1S/C12H16BrNO3/c1-2-3-6-16-7-8-17-12(15)10-4-5-14-11(13)9-10/h4-5,9H,2-3,6-8H2,1H3. The first kappa shape index (κ1) is 14.1. The van der Waals surface area contributed by atoms with E-state index in [4.69, 9.17) is 9.47 Å². The van der Waals surface area contributed by atoms with Crippen molar-refractivity contribution in [2.45, 2.75) is 19.8 Å². The summed E-state index contributed by atoms with van der Waals surface area (Å²) in [5.74, 6) is -0.354. The van der Waals surface area contributed by atoms with Gasteiger partial charge in [-0.1, -0.05) is 13.3 Å². The molecule has 1 aromatic rings. The Hall–Kier alpha value is -0.940. The van der Waals surface area contributed by atoms with E-state index in [1.165, 1.54) is 0 Å². The lowest BCUT2D eigenvalue weighted by Gasteiger charge is -2.05. The fraction of sp³-hybridized carbons (Fsp3) is 0.500. The minimum Gasteiger partial charge on any atom is -0.460 e. The molecule has 1 aromatic heterocycles. The molecule has 0 fully saturated rings. The highest BCUT2D eigenvalue weighted by Crippen LogP contribution is 2.09. The number of aromatic nitrogens is 1. The van der Waals surface area contributed by atoms with Crippen LogP contribution in [-0.2, 0) is 9.47 Å². The summed E-state index contributed by atoms with van der Waals surface area (Å²) in [6.45, 7) is 3.54. The summed E-state index contributed by atoms with van der Waals surface area (Å²) in [5, 5.41) is 0. The number of unbranched alkanes of at least 4 members (excludes halogenated alkanes) is 1. The molecule has 0 aliphatic heterocycles. The van der Waals surface area contributed by atoms with Gasteiger partial charge in [0, 0.05) is 12.8 Å². The Balaban J connectivity index is 2.21. The van der Waals surface area contributed by atoms with E-state index in [0.29, 0.717) is 16.8 Å². The van der Waals surface area contributed by atoms with Gasteiger partial charge in [-0.2, -0.15) is 0 Å². The molecule has 4 nitrogen and oxygen atoms in total. The van der Waals surface area contributed by atoms with Gasteiger partial charge in [-0.05, 0) is 34.5 Å². The van der Waals surface area contributed by atoms with Gasteiger partial charge >= 0.3 is 5.97 Å². The monoisotopic (exact) mass is 301 g/mol. The Morgan fingerprint density at radius 1 is 1.41 bits per heavy atom. The van der Waals surface area contributed by atoms with Crippen LogP contribution in [0.3, 0.4) is 0 Å². The SMILES string of the molecule is CCCCOCCOC(=O)c1ccnc(Br)c1. The predicted molar refractivity (Wildman–Crippen MR) is 67.9 cm³/mol. The van der Waals surface area contributed by atoms with Gasteiger partial charge < -0.3 is 9.47 Å². The number of hydrogen-bond acceptors (Lipinski definition) is 4. The minimum absolute atomic E-state index is 0.280. The zero-order valence-electron chi connectivity index (χ0n) is 9.82. The zero-order chi connectivity index (χ0) is 12.5. The van der Waals surface area contributed by atoms with Crippen molar-refractivity contribution in [1.29, 1.82) is 0 Å². The normalized spacial score (nSPS) is 10.2. The molecule has 0 bridgehead atoms. The number of esters is 1. The van der Waals surface area contributed by atoms with Crippen molar-refractivity contribution < 1.29 is 14.3 Å². The molecule has 0 saturated carbocycles. The molecule has 0 amide bonds. The molecule has 1 rings (SSSR count). The molecule has 0 atom stereocenters. The average molecular weight is 302 g/mol. The molecule has 5 heteroatoms. The van der Waals surface area contributed by atoms with Gasteiger partial charge in [0.05, 0.1) is 12.2 Å². The first-order valence-corrected chi connectivity index (χ1v) is 6.39. The highest BCUT2D eigenvalue weighted by molar-refractivity contribution is 9.10. The van der Waals surface area contributed by atoms with Crippen LogP contribution in [0.1, 0.15) is 30.1 Å². The van der Waals surface area contributed by atoms with Crippen LogP contribution in [-0.4, -0.2) is 30.8 Å². The fourth-order valence-corrected chi connectivity index (χ4v) is 1.52. The van der Waals surface area contributed by atoms with Crippen LogP contribution in [0.5, 0.6) is 0 Å². The molecule has 0 aliphatic carbocycles. The highest BCUT2D eigenvalue weighted by atomic mass is 79.9. The maximum absolute atomic E-state index is 11.6. The summed E-state index contributed by atoms with van der Waals surface area (Å²) in [7, 11) is 0. The fourth-order valence-electron chi connectivity index (χ4n) is 1.15. The lowest BCUT2D eigenvalue weighted by Crippen LogP contribution is -2.11. The topological polar surface area (TPSA) is 48.4 Å². The second-order valence-corrected chi connectivity index (χ2v) is 4.28. The molecule has 17 heavy (non-hydrogen) atoms. The van der Waals surface area contributed by atoms with Crippen LogP contribution in [0.25, 0.3) is 0 Å². The summed E-state index contributed by atoms with van der Waals surface area (Å²) >= 11 is 3.20. The molecule has 0 saturated heterocycles. The van der Waals surface area contributed by atoms with Gasteiger partial charge in [-0.25, -0.2) is 9.78 Å². The van der Waals surface area contributed by atoms with E-state index in [0.717, 1.165) is 19.4 Å². The van der Waals surface area contributed by atoms with Crippen molar-refractivity contribution in [2.75, 3.05) is 19.8 Å². The number of ether oxygens (including phenoxy) is 2. The summed E-state index contributed by atoms with van der Waals surface area (Å²) < 4.78 is 11.0. The van der Waals surface area contributed by atoms with Crippen LogP contribution < -0.4 is 0 Å². The third-order valence-corrected chi connectivity index (χ3v) is 2.50. The first-order valence-electron chi connectivity index (χ1n) is 5.60. The van der Waals surface area contributed by atoms with Gasteiger partial charge in [0.2, 0.25) is 0 Å². The summed E-state index contributed by atoms with van der Waals surface area (Å²) in [5.41, 5.74) is 0.487. The van der Waals surface area contributed by atoms with Gasteiger partial charge in [-0.3, -0.25) is 0 Å². The van der Waals surface area contributed by atoms with Crippen LogP contribution in [0.15, 0.2) is 22.9 Å². The Morgan fingerprint density at radius 2 is 2.24 bits per heavy atom. The van der Waals surface area contributed by atoms with E-state index < -0.39 is 0 Å². The molecular formula is C12H16BrNO3. The van der Waals surface area contributed by atoms with Crippen LogP contribution in [0.2, 0.25) is 0 Å². The number of halogens is 1. The number of rotatable bonds is 7. The summed E-state index contributed by atoms with van der Waals surface area (Å²) in [6, 6.07) is 3.24. The van der Waals surface area contributed by atoms with Crippen LogP contribution in [0.4, 0.5) is 0 Å². The van der Waals surface area contributed by atoms with Crippen molar-refractivity contribution in [2.24, 2.45) is 0 Å². The van der Waals surface area contributed by atoms with Crippen molar-refractivity contribution in [3.8, 4) is 0 Å². The van der Waals surface area contributed by atoms with Crippen molar-refractivity contribution >= 4 is 21.9 Å². The quantitative estimate of drug-likeness (QED) is 0.441. The molecule has 0 N–H and O–H groups in total. The van der Waals surface area contributed by atoms with Gasteiger partial charge in [0.1, 0.15) is 11.2 Å². The molecule has 0 unspecified atom stereocenters. The number of pyridine rings is 1. The predicted octanol–water partition coefficient (Wildman–Crippen LogP) is 2.82. The maximum Gasteiger partial charge on any atom is 0.338 e. The first-order chi connectivity index (χ1) is 8.24. The van der Waals surface area contributed by atoms with E-state index in [1.807, 2.05) is 0 Å². The number of carbonyl (C=O) groups is 1. The van der Waals surface area contributed by atoms with Gasteiger partial charge in [0.15, 0.2) is 0 Å². The number of nitrogens with zero attached hydrogens (tertiary/aromatic N) is 1. The minimum atomic E-state index is -0.354. The van der Waals surface area contributed by atoms with Crippen LogP contribution in [0, 0.1) is 0 Å². The third kappa shape index (κ3) is 5.79. The number of carbonyl (C=O) groups excluding carboxylic acids is 1. The Bertz CT molecular complexity index is 357. The van der Waals surface area contributed by atoms with Crippen LogP contribution >= 0.6 is 15.9 Å². The van der Waals surface area contributed by atoms with Crippen molar-refractivity contribution in [1.82, 2.24) is 4.98 Å². The molecule has 0 radical (unpaired) electrons. The Labute approximate surface area is 109 Å². The molecule has 1 heterocycles. The maximum atomic E-state index is 11.6. The molecule has 0 aliphatic rings. The highest BCUT2D eigenvalue weighted by Gasteiger charge is 2.07. The number of hydrogen-bond donors (Lipinski definition) is 0. The van der Waals surface area contributed by atoms with Gasteiger partial charge in [0.25, 0.3) is 0 Å². The van der Waals surface area contributed by atoms with E-state index in [1.54, 1.807) is 18.3 Å². The zero-order valence-corrected chi connectivity index (χ0v) is 11.4.